The van der Waals surface area contributed by atoms with E-state index in [4.69, 9.17) is 5.73 Å². The van der Waals surface area contributed by atoms with Crippen LogP contribution in [0.4, 0.5) is 5.69 Å². The maximum Gasteiger partial charge on any atom is 0.253 e. The Morgan fingerprint density at radius 2 is 2.14 bits per heavy atom. The van der Waals surface area contributed by atoms with E-state index in [1.165, 1.54) is 12.8 Å². The van der Waals surface area contributed by atoms with Crippen molar-refractivity contribution in [3.05, 3.63) is 29.8 Å². The number of carbonyl (C=O) groups is 1. The highest BCUT2D eigenvalue weighted by molar-refractivity contribution is 5.99. The van der Waals surface area contributed by atoms with Gasteiger partial charge in [-0.2, -0.15) is 0 Å². The molecule has 0 aliphatic carbocycles. The molecule has 1 aromatic carbocycles. The summed E-state index contributed by atoms with van der Waals surface area (Å²) in [6.45, 7) is 9.54. The number of benzene rings is 1. The van der Waals surface area contributed by atoms with Crippen molar-refractivity contribution in [2.45, 2.75) is 39.2 Å². The van der Waals surface area contributed by atoms with Crippen LogP contribution in [0.5, 0.6) is 0 Å². The number of rotatable bonds is 4. The number of anilines is 1. The first-order valence-corrected chi connectivity index (χ1v) is 7.78. The van der Waals surface area contributed by atoms with Crippen molar-refractivity contribution in [1.82, 2.24) is 10.2 Å². The number of nitrogens with one attached hydrogen (secondary N) is 1. The van der Waals surface area contributed by atoms with E-state index in [-0.39, 0.29) is 11.4 Å². The predicted molar refractivity (Wildman–Crippen MR) is 87.2 cm³/mol. The number of hydrogen-bond acceptors (Lipinski definition) is 3. The number of likely N-dealkylation sites (tertiary alicyclic amines) is 1. The van der Waals surface area contributed by atoms with Crippen LogP contribution in [0.3, 0.4) is 0 Å². The Labute approximate surface area is 127 Å². The van der Waals surface area contributed by atoms with Crippen LogP contribution >= 0.6 is 0 Å². The molecule has 1 amide bonds. The minimum atomic E-state index is -0.0915. The van der Waals surface area contributed by atoms with Gasteiger partial charge in [-0.15, -0.1) is 0 Å². The smallest absolute Gasteiger partial charge is 0.253 e. The molecular weight excluding hydrogens is 262 g/mol. The van der Waals surface area contributed by atoms with Gasteiger partial charge in [0, 0.05) is 24.3 Å². The molecule has 21 heavy (non-hydrogen) atoms. The number of nitrogens with zero attached hydrogens (tertiary/aromatic N) is 1. The molecule has 0 radical (unpaired) electrons. The molecule has 1 heterocycles. The minimum absolute atomic E-state index is 0.0338. The second-order valence-corrected chi connectivity index (χ2v) is 6.78. The molecule has 4 heteroatoms. The van der Waals surface area contributed by atoms with E-state index in [0.29, 0.717) is 17.8 Å². The molecule has 3 N–H and O–H groups in total. The van der Waals surface area contributed by atoms with E-state index in [1.807, 2.05) is 12.1 Å². The maximum absolute atomic E-state index is 12.2. The van der Waals surface area contributed by atoms with Crippen molar-refractivity contribution in [2.24, 2.45) is 5.92 Å². The third kappa shape index (κ3) is 3.97. The van der Waals surface area contributed by atoms with E-state index in [2.05, 4.69) is 31.0 Å². The summed E-state index contributed by atoms with van der Waals surface area (Å²) in [5.74, 6) is 0.643. The molecule has 1 unspecified atom stereocenters. The van der Waals surface area contributed by atoms with Crippen LogP contribution < -0.4 is 11.1 Å². The number of amides is 1. The molecule has 0 spiro atoms. The summed E-state index contributed by atoms with van der Waals surface area (Å²) in [7, 11) is 0. The number of nitrogens with two attached hydrogens (primary N) is 1. The fraction of sp³-hybridized carbons (Fsp3) is 0.588. The summed E-state index contributed by atoms with van der Waals surface area (Å²) < 4.78 is 0. The first-order chi connectivity index (χ1) is 9.90. The molecule has 1 aliphatic heterocycles. The summed E-state index contributed by atoms with van der Waals surface area (Å²) in [6, 6.07) is 7.20. The molecule has 1 fully saturated rings. The van der Waals surface area contributed by atoms with Crippen LogP contribution in [-0.4, -0.2) is 36.0 Å². The van der Waals surface area contributed by atoms with Gasteiger partial charge >= 0.3 is 0 Å². The third-order valence-corrected chi connectivity index (χ3v) is 4.40. The van der Waals surface area contributed by atoms with Gasteiger partial charge in [-0.1, -0.05) is 19.1 Å². The highest BCUT2D eigenvalue weighted by Crippen LogP contribution is 2.23. The standard InChI is InChI=1S/C17H27N3O/c1-13-7-6-10-20(11-13)17(2,3)12-19-16(21)14-8-4-5-9-15(14)18/h4-5,8-9,13H,6-7,10-12,18H2,1-3H3,(H,19,21). The Hall–Kier alpha value is -1.55. The zero-order valence-electron chi connectivity index (χ0n) is 13.4. The number of carbonyl (C=O) groups excluding carboxylic acids is 1. The first-order valence-electron chi connectivity index (χ1n) is 7.78. The molecule has 1 atom stereocenters. The van der Waals surface area contributed by atoms with Crippen LogP contribution in [-0.2, 0) is 0 Å². The van der Waals surface area contributed by atoms with Crippen molar-refractivity contribution in [3.8, 4) is 0 Å². The van der Waals surface area contributed by atoms with Crippen LogP contribution in [0.2, 0.25) is 0 Å². The third-order valence-electron chi connectivity index (χ3n) is 4.40. The molecule has 1 aliphatic rings. The van der Waals surface area contributed by atoms with E-state index in [0.717, 1.165) is 19.0 Å². The van der Waals surface area contributed by atoms with Gasteiger partial charge in [-0.25, -0.2) is 0 Å². The molecule has 4 nitrogen and oxygen atoms in total. The Kier molecular flexibility index (Phi) is 4.88. The van der Waals surface area contributed by atoms with E-state index < -0.39 is 0 Å². The average Bonchev–Trinajstić information content (AvgIpc) is 2.45. The Morgan fingerprint density at radius 3 is 2.81 bits per heavy atom. The van der Waals surface area contributed by atoms with Crippen molar-refractivity contribution in [2.75, 3.05) is 25.4 Å². The number of hydrogen-bond donors (Lipinski definition) is 2. The van der Waals surface area contributed by atoms with Crippen molar-refractivity contribution >= 4 is 11.6 Å². The maximum atomic E-state index is 12.2. The number of para-hydroxylation sites is 1. The van der Waals surface area contributed by atoms with Crippen LogP contribution in [0.15, 0.2) is 24.3 Å². The highest BCUT2D eigenvalue weighted by Gasteiger charge is 2.30. The Morgan fingerprint density at radius 1 is 1.43 bits per heavy atom. The second kappa shape index (κ2) is 6.48. The van der Waals surface area contributed by atoms with Crippen LogP contribution in [0.25, 0.3) is 0 Å². The summed E-state index contributed by atoms with van der Waals surface area (Å²) >= 11 is 0. The summed E-state index contributed by atoms with van der Waals surface area (Å²) in [5, 5.41) is 3.03. The van der Waals surface area contributed by atoms with E-state index in [9.17, 15) is 4.79 Å². The van der Waals surface area contributed by atoms with Gasteiger partial charge in [-0.05, 0) is 51.3 Å². The lowest BCUT2D eigenvalue weighted by atomic mass is 9.93. The topological polar surface area (TPSA) is 58.4 Å². The van der Waals surface area contributed by atoms with E-state index in [1.54, 1.807) is 12.1 Å². The van der Waals surface area contributed by atoms with Crippen molar-refractivity contribution in [3.63, 3.8) is 0 Å². The fourth-order valence-corrected chi connectivity index (χ4v) is 2.95. The zero-order chi connectivity index (χ0) is 15.5. The fourth-order valence-electron chi connectivity index (χ4n) is 2.95. The Balaban J connectivity index is 1.95. The molecule has 116 valence electrons. The van der Waals surface area contributed by atoms with Gasteiger partial charge in [0.05, 0.1) is 5.56 Å². The quantitative estimate of drug-likeness (QED) is 0.837. The van der Waals surface area contributed by atoms with Gasteiger partial charge in [-0.3, -0.25) is 9.69 Å². The van der Waals surface area contributed by atoms with Gasteiger partial charge in [0.25, 0.3) is 5.91 Å². The predicted octanol–water partition coefficient (Wildman–Crippen LogP) is 2.51. The summed E-state index contributed by atoms with van der Waals surface area (Å²) in [5.41, 5.74) is 6.90. The monoisotopic (exact) mass is 289 g/mol. The lowest BCUT2D eigenvalue weighted by molar-refractivity contribution is 0.0657. The molecule has 1 saturated heterocycles. The van der Waals surface area contributed by atoms with Gasteiger partial charge in [0.1, 0.15) is 0 Å². The molecule has 1 aromatic rings. The summed E-state index contributed by atoms with van der Waals surface area (Å²) in [6.07, 6.45) is 2.55. The average molecular weight is 289 g/mol. The lowest BCUT2D eigenvalue weighted by Gasteiger charge is -2.43. The van der Waals surface area contributed by atoms with Crippen molar-refractivity contribution in [1.29, 1.82) is 0 Å². The molecular formula is C17H27N3O. The molecule has 0 saturated carbocycles. The van der Waals surface area contributed by atoms with Gasteiger partial charge in [0.2, 0.25) is 0 Å². The molecule has 0 aromatic heterocycles. The minimum Gasteiger partial charge on any atom is -0.398 e. The largest absolute Gasteiger partial charge is 0.398 e. The van der Waals surface area contributed by atoms with E-state index >= 15 is 0 Å². The van der Waals surface area contributed by atoms with Gasteiger partial charge in [0.15, 0.2) is 0 Å². The van der Waals surface area contributed by atoms with Crippen molar-refractivity contribution < 1.29 is 4.79 Å². The lowest BCUT2D eigenvalue weighted by Crippen LogP contribution is -2.54. The highest BCUT2D eigenvalue weighted by atomic mass is 16.1. The SMILES string of the molecule is CC1CCCN(C(C)(C)CNC(=O)c2ccccc2N)C1. The first kappa shape index (κ1) is 15.8. The van der Waals surface area contributed by atoms with Crippen LogP contribution in [0.1, 0.15) is 44.0 Å². The van der Waals surface area contributed by atoms with Crippen LogP contribution in [0, 0.1) is 5.92 Å². The molecule has 0 bridgehead atoms. The number of nitrogen functional groups attached to an aromatic ring is 1. The number of piperidine rings is 1. The normalized spacial score (nSPS) is 20.2. The zero-order valence-corrected chi connectivity index (χ0v) is 13.4. The molecule has 2 rings (SSSR count). The summed E-state index contributed by atoms with van der Waals surface area (Å²) in [4.78, 5) is 14.7. The second-order valence-electron chi connectivity index (χ2n) is 6.78. The van der Waals surface area contributed by atoms with Gasteiger partial charge < -0.3 is 11.1 Å². The Bertz CT molecular complexity index is 499.